The predicted octanol–water partition coefficient (Wildman–Crippen LogP) is 2.66. The van der Waals surface area contributed by atoms with E-state index in [2.05, 4.69) is 24.1 Å². The Balaban J connectivity index is 1.87. The number of nitrogens with zero attached hydrogens (tertiary/aromatic N) is 1. The third-order valence-corrected chi connectivity index (χ3v) is 3.07. The maximum Gasteiger partial charge on any atom is 0.123 e. The fraction of sp³-hybridized carbons (Fsp3) is 0.250. The van der Waals surface area contributed by atoms with Crippen LogP contribution >= 0.6 is 0 Å². The summed E-state index contributed by atoms with van der Waals surface area (Å²) in [6, 6.07) is 18.2. The fourth-order valence-corrected chi connectivity index (χ4v) is 1.92. The summed E-state index contributed by atoms with van der Waals surface area (Å²) >= 11 is 0. The SMILES string of the molecule is CN(CCOc1ccccc1CN)c1ccccc1. The van der Waals surface area contributed by atoms with Crippen LogP contribution in [0.2, 0.25) is 0 Å². The van der Waals surface area contributed by atoms with Gasteiger partial charge < -0.3 is 15.4 Å². The zero-order chi connectivity index (χ0) is 13.5. The van der Waals surface area contributed by atoms with Gasteiger partial charge in [0.15, 0.2) is 0 Å². The van der Waals surface area contributed by atoms with Gasteiger partial charge in [0.25, 0.3) is 0 Å². The molecule has 2 aromatic rings. The van der Waals surface area contributed by atoms with Gasteiger partial charge in [-0.3, -0.25) is 0 Å². The monoisotopic (exact) mass is 256 g/mol. The van der Waals surface area contributed by atoms with Crippen molar-refractivity contribution in [2.45, 2.75) is 6.54 Å². The number of hydrogen-bond acceptors (Lipinski definition) is 3. The molecule has 0 atom stereocenters. The number of benzene rings is 2. The van der Waals surface area contributed by atoms with E-state index < -0.39 is 0 Å². The summed E-state index contributed by atoms with van der Waals surface area (Å²) in [6.07, 6.45) is 0. The minimum Gasteiger partial charge on any atom is -0.491 e. The van der Waals surface area contributed by atoms with Crippen molar-refractivity contribution >= 4 is 5.69 Å². The highest BCUT2D eigenvalue weighted by molar-refractivity contribution is 5.45. The Labute approximate surface area is 114 Å². The second-order valence-corrected chi connectivity index (χ2v) is 4.42. The summed E-state index contributed by atoms with van der Waals surface area (Å²) in [6.45, 7) is 1.98. The molecule has 0 amide bonds. The quantitative estimate of drug-likeness (QED) is 0.863. The van der Waals surface area contributed by atoms with E-state index in [0.29, 0.717) is 13.2 Å². The van der Waals surface area contributed by atoms with Gasteiger partial charge in [0, 0.05) is 24.8 Å². The Morgan fingerprint density at radius 2 is 1.68 bits per heavy atom. The molecule has 0 aromatic heterocycles. The molecular formula is C16H20N2O. The van der Waals surface area contributed by atoms with Crippen LogP contribution in [0.25, 0.3) is 0 Å². The van der Waals surface area contributed by atoms with Gasteiger partial charge >= 0.3 is 0 Å². The van der Waals surface area contributed by atoms with E-state index in [-0.39, 0.29) is 0 Å². The summed E-state index contributed by atoms with van der Waals surface area (Å²) in [5.74, 6) is 0.881. The third-order valence-electron chi connectivity index (χ3n) is 3.07. The lowest BCUT2D eigenvalue weighted by molar-refractivity contribution is 0.322. The summed E-state index contributed by atoms with van der Waals surface area (Å²) in [5.41, 5.74) is 7.92. The van der Waals surface area contributed by atoms with Crippen LogP contribution in [0.1, 0.15) is 5.56 Å². The predicted molar refractivity (Wildman–Crippen MR) is 79.5 cm³/mol. The molecule has 0 aliphatic carbocycles. The molecule has 0 radical (unpaired) electrons. The van der Waals surface area contributed by atoms with Crippen molar-refractivity contribution in [3.63, 3.8) is 0 Å². The Hall–Kier alpha value is -2.00. The van der Waals surface area contributed by atoms with Crippen LogP contribution in [-0.4, -0.2) is 20.2 Å². The molecule has 0 fully saturated rings. The molecule has 0 saturated heterocycles. The molecule has 3 nitrogen and oxygen atoms in total. The standard InChI is InChI=1S/C16H20N2O/c1-18(15-8-3-2-4-9-15)11-12-19-16-10-6-5-7-14(16)13-17/h2-10H,11-13,17H2,1H3. The summed E-state index contributed by atoms with van der Waals surface area (Å²) in [4.78, 5) is 2.17. The average Bonchev–Trinajstić information content (AvgIpc) is 2.48. The number of anilines is 1. The highest BCUT2D eigenvalue weighted by Crippen LogP contribution is 2.17. The molecule has 2 aromatic carbocycles. The van der Waals surface area contributed by atoms with Gasteiger partial charge in [-0.2, -0.15) is 0 Å². The van der Waals surface area contributed by atoms with Gasteiger partial charge in [-0.25, -0.2) is 0 Å². The van der Waals surface area contributed by atoms with E-state index >= 15 is 0 Å². The highest BCUT2D eigenvalue weighted by atomic mass is 16.5. The molecule has 2 rings (SSSR count). The van der Waals surface area contributed by atoms with E-state index in [0.717, 1.165) is 17.9 Å². The second-order valence-electron chi connectivity index (χ2n) is 4.42. The fourth-order valence-electron chi connectivity index (χ4n) is 1.92. The van der Waals surface area contributed by atoms with Crippen molar-refractivity contribution in [1.82, 2.24) is 0 Å². The molecular weight excluding hydrogens is 236 g/mol. The second kappa shape index (κ2) is 6.81. The van der Waals surface area contributed by atoms with Gasteiger partial charge in [0.05, 0.1) is 6.54 Å². The Kier molecular flexibility index (Phi) is 4.81. The molecule has 2 N–H and O–H groups in total. The summed E-state index contributed by atoms with van der Waals surface area (Å²) < 4.78 is 5.80. The minimum absolute atomic E-state index is 0.505. The molecule has 0 unspecified atom stereocenters. The van der Waals surface area contributed by atoms with E-state index in [9.17, 15) is 0 Å². The van der Waals surface area contributed by atoms with E-state index in [1.54, 1.807) is 0 Å². The molecule has 0 aliphatic rings. The van der Waals surface area contributed by atoms with Crippen molar-refractivity contribution in [2.24, 2.45) is 5.73 Å². The number of likely N-dealkylation sites (N-methyl/N-ethyl adjacent to an activating group) is 1. The number of ether oxygens (including phenoxy) is 1. The van der Waals surface area contributed by atoms with E-state index in [4.69, 9.17) is 10.5 Å². The van der Waals surface area contributed by atoms with Crippen molar-refractivity contribution in [2.75, 3.05) is 25.1 Å². The maximum absolute atomic E-state index is 5.80. The topological polar surface area (TPSA) is 38.5 Å². The van der Waals surface area contributed by atoms with Crippen molar-refractivity contribution in [3.8, 4) is 5.75 Å². The largest absolute Gasteiger partial charge is 0.491 e. The molecule has 0 spiro atoms. The number of para-hydroxylation sites is 2. The van der Waals surface area contributed by atoms with E-state index in [1.807, 2.05) is 42.5 Å². The van der Waals surface area contributed by atoms with Gasteiger partial charge in [-0.15, -0.1) is 0 Å². The minimum atomic E-state index is 0.505. The van der Waals surface area contributed by atoms with Crippen LogP contribution in [0.4, 0.5) is 5.69 Å². The lowest BCUT2D eigenvalue weighted by atomic mass is 10.2. The zero-order valence-corrected chi connectivity index (χ0v) is 11.3. The number of rotatable bonds is 6. The molecule has 0 aliphatic heterocycles. The van der Waals surface area contributed by atoms with Crippen LogP contribution in [0, 0.1) is 0 Å². The van der Waals surface area contributed by atoms with Crippen LogP contribution < -0.4 is 15.4 Å². The highest BCUT2D eigenvalue weighted by Gasteiger charge is 2.03. The Morgan fingerprint density at radius 3 is 2.42 bits per heavy atom. The van der Waals surface area contributed by atoms with Crippen molar-refractivity contribution in [3.05, 3.63) is 60.2 Å². The van der Waals surface area contributed by atoms with Crippen LogP contribution in [0.15, 0.2) is 54.6 Å². The molecule has 0 heterocycles. The van der Waals surface area contributed by atoms with Crippen molar-refractivity contribution < 1.29 is 4.74 Å². The Bertz CT molecular complexity index is 499. The van der Waals surface area contributed by atoms with Crippen molar-refractivity contribution in [1.29, 1.82) is 0 Å². The normalized spacial score (nSPS) is 10.2. The average molecular weight is 256 g/mol. The maximum atomic E-state index is 5.80. The molecule has 0 saturated carbocycles. The first-order valence-electron chi connectivity index (χ1n) is 6.48. The zero-order valence-electron chi connectivity index (χ0n) is 11.3. The van der Waals surface area contributed by atoms with Gasteiger partial charge in [0.1, 0.15) is 12.4 Å². The molecule has 19 heavy (non-hydrogen) atoms. The number of hydrogen-bond donors (Lipinski definition) is 1. The lowest BCUT2D eigenvalue weighted by Crippen LogP contribution is -2.23. The van der Waals surface area contributed by atoms with Gasteiger partial charge in [-0.05, 0) is 18.2 Å². The third kappa shape index (κ3) is 3.73. The molecule has 100 valence electrons. The smallest absolute Gasteiger partial charge is 0.123 e. The summed E-state index contributed by atoms with van der Waals surface area (Å²) in [7, 11) is 2.06. The summed E-state index contributed by atoms with van der Waals surface area (Å²) in [5, 5.41) is 0. The van der Waals surface area contributed by atoms with Crippen LogP contribution in [0.3, 0.4) is 0 Å². The first kappa shape index (κ1) is 13.4. The van der Waals surface area contributed by atoms with Gasteiger partial charge in [-0.1, -0.05) is 36.4 Å². The van der Waals surface area contributed by atoms with Gasteiger partial charge in [0.2, 0.25) is 0 Å². The number of nitrogens with two attached hydrogens (primary N) is 1. The molecule has 0 bridgehead atoms. The molecule has 3 heteroatoms. The first-order chi connectivity index (χ1) is 9.31. The first-order valence-corrected chi connectivity index (χ1v) is 6.48. The van der Waals surface area contributed by atoms with Crippen LogP contribution in [-0.2, 0) is 6.54 Å². The Morgan fingerprint density at radius 1 is 1.00 bits per heavy atom. The van der Waals surface area contributed by atoms with Crippen LogP contribution in [0.5, 0.6) is 5.75 Å². The lowest BCUT2D eigenvalue weighted by Gasteiger charge is -2.19. The van der Waals surface area contributed by atoms with E-state index in [1.165, 1.54) is 5.69 Å².